The molecule has 2 fully saturated rings. The number of urea groups is 1. The number of benzene rings is 1. The molecular weight excluding hydrogens is 356 g/mol. The number of amides is 3. The summed E-state index contributed by atoms with van der Waals surface area (Å²) < 4.78 is 5.41. The molecule has 0 aliphatic carbocycles. The lowest BCUT2D eigenvalue weighted by Gasteiger charge is -2.36. The van der Waals surface area contributed by atoms with E-state index in [2.05, 4.69) is 16.3 Å². The predicted molar refractivity (Wildman–Crippen MR) is 111 cm³/mol. The van der Waals surface area contributed by atoms with Crippen molar-refractivity contribution in [3.05, 3.63) is 24.3 Å². The zero-order valence-corrected chi connectivity index (χ0v) is 17.2. The topological polar surface area (TPSA) is 65.1 Å². The van der Waals surface area contributed by atoms with Crippen LogP contribution in [-0.2, 0) is 4.74 Å². The second kappa shape index (κ2) is 8.71. The maximum absolute atomic E-state index is 12.8. The van der Waals surface area contributed by atoms with Gasteiger partial charge in [-0.2, -0.15) is 0 Å². The summed E-state index contributed by atoms with van der Waals surface area (Å²) in [6.45, 7) is 9.58. The molecule has 0 spiro atoms. The van der Waals surface area contributed by atoms with E-state index in [0.717, 1.165) is 24.5 Å². The molecule has 2 aliphatic rings. The molecule has 28 heavy (non-hydrogen) atoms. The lowest BCUT2D eigenvalue weighted by molar-refractivity contribution is 0.0174. The Bertz CT molecular complexity index is 687. The molecule has 0 bridgehead atoms. The lowest BCUT2D eigenvalue weighted by Crippen LogP contribution is -2.52. The quantitative estimate of drug-likeness (QED) is 0.838. The molecule has 1 aromatic carbocycles. The highest BCUT2D eigenvalue weighted by Crippen LogP contribution is 2.28. The first-order valence-corrected chi connectivity index (χ1v) is 10.2. The molecule has 3 rings (SSSR count). The van der Waals surface area contributed by atoms with Gasteiger partial charge in [-0.15, -0.1) is 0 Å². The third-order valence-corrected chi connectivity index (χ3v) is 5.06. The van der Waals surface area contributed by atoms with Crippen LogP contribution in [0.15, 0.2) is 24.3 Å². The second-order valence-corrected chi connectivity index (χ2v) is 8.45. The highest BCUT2D eigenvalue weighted by atomic mass is 16.6. The Morgan fingerprint density at radius 3 is 2.14 bits per heavy atom. The van der Waals surface area contributed by atoms with Gasteiger partial charge in [0.15, 0.2) is 0 Å². The maximum Gasteiger partial charge on any atom is 0.410 e. The Kier molecular flexibility index (Phi) is 6.31. The summed E-state index contributed by atoms with van der Waals surface area (Å²) in [5.74, 6) is 0. The van der Waals surface area contributed by atoms with E-state index in [1.807, 2.05) is 39.0 Å². The van der Waals surface area contributed by atoms with Gasteiger partial charge in [-0.25, -0.2) is 9.59 Å². The number of piperidine rings is 1. The Morgan fingerprint density at radius 2 is 1.50 bits per heavy atom. The van der Waals surface area contributed by atoms with Crippen molar-refractivity contribution in [2.75, 3.05) is 49.5 Å². The zero-order chi connectivity index (χ0) is 20.1. The van der Waals surface area contributed by atoms with Crippen molar-refractivity contribution in [1.82, 2.24) is 9.80 Å². The minimum absolute atomic E-state index is 0.117. The van der Waals surface area contributed by atoms with Crippen molar-refractivity contribution < 1.29 is 14.3 Å². The Hall–Kier alpha value is -2.44. The summed E-state index contributed by atoms with van der Waals surface area (Å²) >= 11 is 0. The summed E-state index contributed by atoms with van der Waals surface area (Å²) in [4.78, 5) is 30.7. The Balaban J connectivity index is 1.56. The van der Waals surface area contributed by atoms with Gasteiger partial charge in [0.25, 0.3) is 0 Å². The number of carbonyl (C=O) groups is 2. The Labute approximate surface area is 167 Å². The molecule has 2 heterocycles. The fourth-order valence-electron chi connectivity index (χ4n) is 3.60. The van der Waals surface area contributed by atoms with Crippen LogP contribution in [0.3, 0.4) is 0 Å². The number of rotatable bonds is 2. The van der Waals surface area contributed by atoms with E-state index in [-0.39, 0.29) is 12.1 Å². The summed E-state index contributed by atoms with van der Waals surface area (Å²) in [5.41, 5.74) is 1.43. The first kappa shape index (κ1) is 20.3. The fraction of sp³-hybridized carbons (Fsp3) is 0.619. The Morgan fingerprint density at radius 1 is 0.893 bits per heavy atom. The van der Waals surface area contributed by atoms with Gasteiger partial charge in [-0.1, -0.05) is 12.1 Å². The average Bonchev–Trinajstić information content (AvgIpc) is 2.68. The molecule has 3 amide bonds. The van der Waals surface area contributed by atoms with Crippen molar-refractivity contribution in [3.8, 4) is 0 Å². The van der Waals surface area contributed by atoms with Crippen LogP contribution in [0.5, 0.6) is 0 Å². The normalized spacial score (nSPS) is 18.0. The van der Waals surface area contributed by atoms with Gasteiger partial charge in [0.2, 0.25) is 0 Å². The second-order valence-electron chi connectivity index (χ2n) is 8.45. The number of hydrogen-bond acceptors (Lipinski definition) is 4. The number of piperazine rings is 1. The molecule has 0 unspecified atom stereocenters. The SMILES string of the molecule is CC(C)(C)OC(=O)N1CCN(C(=O)Nc2ccccc2N2CCCCC2)CC1. The van der Waals surface area contributed by atoms with E-state index in [4.69, 9.17) is 4.74 Å². The molecule has 2 saturated heterocycles. The predicted octanol–water partition coefficient (Wildman–Crippen LogP) is 3.76. The minimum atomic E-state index is -0.510. The van der Waals surface area contributed by atoms with Crippen LogP contribution in [0.25, 0.3) is 0 Å². The standard InChI is InChI=1S/C21H32N4O3/c1-21(2,3)28-20(27)25-15-13-24(14-16-25)19(26)22-17-9-5-6-10-18(17)23-11-7-4-8-12-23/h5-6,9-10H,4,7-8,11-16H2,1-3H3,(H,22,26). The third kappa shape index (κ3) is 5.30. The van der Waals surface area contributed by atoms with Crippen LogP contribution in [0.4, 0.5) is 21.0 Å². The summed E-state index contributed by atoms with van der Waals surface area (Å²) in [6.07, 6.45) is 3.33. The molecule has 7 nitrogen and oxygen atoms in total. The van der Waals surface area contributed by atoms with Crippen molar-refractivity contribution in [2.24, 2.45) is 0 Å². The number of carbonyl (C=O) groups excluding carboxylic acids is 2. The van der Waals surface area contributed by atoms with E-state index in [1.54, 1.807) is 9.80 Å². The smallest absolute Gasteiger partial charge is 0.410 e. The van der Waals surface area contributed by atoms with Crippen molar-refractivity contribution in [2.45, 2.75) is 45.6 Å². The minimum Gasteiger partial charge on any atom is -0.444 e. The van der Waals surface area contributed by atoms with Crippen molar-refractivity contribution in [3.63, 3.8) is 0 Å². The monoisotopic (exact) mass is 388 g/mol. The van der Waals surface area contributed by atoms with E-state index in [0.29, 0.717) is 26.2 Å². The molecular formula is C21H32N4O3. The van der Waals surface area contributed by atoms with Crippen LogP contribution >= 0.6 is 0 Å². The summed E-state index contributed by atoms with van der Waals surface area (Å²) in [5, 5.41) is 3.07. The third-order valence-electron chi connectivity index (χ3n) is 5.06. The number of hydrogen-bond donors (Lipinski definition) is 1. The maximum atomic E-state index is 12.8. The van der Waals surface area contributed by atoms with Crippen molar-refractivity contribution in [1.29, 1.82) is 0 Å². The molecule has 0 atom stereocenters. The lowest BCUT2D eigenvalue weighted by atomic mass is 10.1. The molecule has 2 aliphatic heterocycles. The van der Waals surface area contributed by atoms with Crippen molar-refractivity contribution >= 4 is 23.5 Å². The average molecular weight is 389 g/mol. The van der Waals surface area contributed by atoms with E-state index in [1.165, 1.54) is 19.3 Å². The van der Waals surface area contributed by atoms with Gasteiger partial charge < -0.3 is 24.8 Å². The van der Waals surface area contributed by atoms with Crippen LogP contribution in [0.2, 0.25) is 0 Å². The van der Waals surface area contributed by atoms with E-state index >= 15 is 0 Å². The number of para-hydroxylation sites is 2. The van der Waals surface area contributed by atoms with E-state index < -0.39 is 5.60 Å². The van der Waals surface area contributed by atoms with Crippen LogP contribution in [0, 0.1) is 0 Å². The molecule has 1 N–H and O–H groups in total. The molecule has 0 saturated carbocycles. The van der Waals surface area contributed by atoms with Gasteiger partial charge in [-0.05, 0) is 52.2 Å². The van der Waals surface area contributed by atoms with Gasteiger partial charge in [0.1, 0.15) is 5.60 Å². The van der Waals surface area contributed by atoms with Gasteiger partial charge >= 0.3 is 12.1 Å². The first-order chi connectivity index (χ1) is 13.3. The van der Waals surface area contributed by atoms with Crippen LogP contribution in [0.1, 0.15) is 40.0 Å². The largest absolute Gasteiger partial charge is 0.444 e. The number of nitrogens with one attached hydrogen (secondary N) is 1. The molecule has 1 aromatic rings. The number of ether oxygens (including phenoxy) is 1. The molecule has 0 aromatic heterocycles. The van der Waals surface area contributed by atoms with Gasteiger partial charge in [-0.3, -0.25) is 0 Å². The molecule has 154 valence electrons. The molecule has 0 radical (unpaired) electrons. The zero-order valence-electron chi connectivity index (χ0n) is 17.2. The highest BCUT2D eigenvalue weighted by Gasteiger charge is 2.28. The molecule has 7 heteroatoms. The fourth-order valence-corrected chi connectivity index (χ4v) is 3.60. The summed E-state index contributed by atoms with van der Waals surface area (Å²) in [6, 6.07) is 7.87. The van der Waals surface area contributed by atoms with Crippen LogP contribution < -0.4 is 10.2 Å². The number of anilines is 2. The highest BCUT2D eigenvalue weighted by molar-refractivity contribution is 5.93. The number of nitrogens with zero attached hydrogens (tertiary/aromatic N) is 3. The van der Waals surface area contributed by atoms with Crippen LogP contribution in [-0.4, -0.2) is 66.8 Å². The van der Waals surface area contributed by atoms with E-state index in [9.17, 15) is 9.59 Å². The first-order valence-electron chi connectivity index (χ1n) is 10.2. The van der Waals surface area contributed by atoms with Gasteiger partial charge in [0.05, 0.1) is 11.4 Å². The van der Waals surface area contributed by atoms with Gasteiger partial charge in [0, 0.05) is 39.3 Å². The summed E-state index contributed by atoms with van der Waals surface area (Å²) in [7, 11) is 0.